The zero-order valence-electron chi connectivity index (χ0n) is 11.9. The molecule has 7 heteroatoms. The molecule has 0 heterocycles. The molecule has 0 unspecified atom stereocenters. The number of hydrogen-bond donors (Lipinski definition) is 1. The molecule has 0 aromatic heterocycles. The standard InChI is InChI=1S/C14H20F2O4S/c1-12-5-7-13(8-6-12)21(18,19)20-11-14(15,16)9-3-2-4-10-17/h5-8,17H,2-4,9-11H2,1H3. The lowest BCUT2D eigenvalue weighted by atomic mass is 10.1. The molecule has 0 aliphatic carbocycles. The van der Waals surface area contributed by atoms with E-state index in [-0.39, 0.29) is 17.9 Å². The Labute approximate surface area is 123 Å². The van der Waals surface area contributed by atoms with Crippen LogP contribution in [0.1, 0.15) is 31.2 Å². The van der Waals surface area contributed by atoms with Gasteiger partial charge in [-0.25, -0.2) is 8.78 Å². The summed E-state index contributed by atoms with van der Waals surface area (Å²) in [5, 5.41) is 8.56. The Kier molecular flexibility index (Phi) is 6.70. The Morgan fingerprint density at radius 3 is 2.33 bits per heavy atom. The fourth-order valence-electron chi connectivity index (χ4n) is 1.68. The van der Waals surface area contributed by atoms with E-state index < -0.39 is 29.1 Å². The van der Waals surface area contributed by atoms with Crippen LogP contribution in [0.3, 0.4) is 0 Å². The van der Waals surface area contributed by atoms with Gasteiger partial charge in [0, 0.05) is 13.0 Å². The second-order valence-electron chi connectivity index (χ2n) is 4.92. The first kappa shape index (κ1) is 18.0. The number of hydrogen-bond acceptors (Lipinski definition) is 4. The maximum absolute atomic E-state index is 13.5. The van der Waals surface area contributed by atoms with Gasteiger partial charge in [0.25, 0.3) is 16.0 Å². The number of aryl methyl sites for hydroxylation is 1. The van der Waals surface area contributed by atoms with E-state index in [1.807, 2.05) is 0 Å². The van der Waals surface area contributed by atoms with E-state index in [0.717, 1.165) is 5.56 Å². The highest BCUT2D eigenvalue weighted by molar-refractivity contribution is 7.86. The van der Waals surface area contributed by atoms with E-state index >= 15 is 0 Å². The van der Waals surface area contributed by atoms with Gasteiger partial charge in [0.1, 0.15) is 6.61 Å². The minimum absolute atomic E-state index is 0.0378. The van der Waals surface area contributed by atoms with E-state index in [1.54, 1.807) is 19.1 Å². The fraction of sp³-hybridized carbons (Fsp3) is 0.571. The maximum atomic E-state index is 13.5. The molecule has 1 N–H and O–H groups in total. The van der Waals surface area contributed by atoms with Crippen LogP contribution in [-0.4, -0.2) is 32.7 Å². The number of unbranched alkanes of at least 4 members (excludes halogenated alkanes) is 2. The van der Waals surface area contributed by atoms with Crippen LogP contribution in [-0.2, 0) is 14.3 Å². The van der Waals surface area contributed by atoms with Crippen LogP contribution in [0, 0.1) is 6.92 Å². The van der Waals surface area contributed by atoms with Gasteiger partial charge in [0.05, 0.1) is 4.90 Å². The molecular formula is C14H20F2O4S. The van der Waals surface area contributed by atoms with Crippen molar-refractivity contribution < 1.29 is 26.5 Å². The molecule has 1 aromatic rings. The van der Waals surface area contributed by atoms with E-state index in [0.29, 0.717) is 12.8 Å². The van der Waals surface area contributed by atoms with Crippen molar-refractivity contribution in [2.45, 2.75) is 43.4 Å². The Balaban J connectivity index is 2.54. The van der Waals surface area contributed by atoms with Gasteiger partial charge in [0.15, 0.2) is 0 Å². The zero-order valence-corrected chi connectivity index (χ0v) is 12.7. The van der Waals surface area contributed by atoms with Gasteiger partial charge in [0.2, 0.25) is 0 Å². The number of benzene rings is 1. The molecule has 0 amide bonds. The van der Waals surface area contributed by atoms with Crippen molar-refractivity contribution in [2.75, 3.05) is 13.2 Å². The summed E-state index contributed by atoms with van der Waals surface area (Å²) in [6.07, 6.45) is 0.674. The third kappa shape index (κ3) is 6.50. The lowest BCUT2D eigenvalue weighted by molar-refractivity contribution is -0.0479. The van der Waals surface area contributed by atoms with Crippen molar-refractivity contribution in [3.05, 3.63) is 29.8 Å². The quantitative estimate of drug-likeness (QED) is 0.561. The van der Waals surface area contributed by atoms with Crippen LogP contribution < -0.4 is 0 Å². The lowest BCUT2D eigenvalue weighted by Gasteiger charge is -2.16. The van der Waals surface area contributed by atoms with Gasteiger partial charge < -0.3 is 5.11 Å². The van der Waals surface area contributed by atoms with Gasteiger partial charge >= 0.3 is 0 Å². The van der Waals surface area contributed by atoms with Crippen molar-refractivity contribution in [3.63, 3.8) is 0 Å². The molecule has 0 aliphatic rings. The van der Waals surface area contributed by atoms with Gasteiger partial charge in [-0.1, -0.05) is 24.1 Å². The van der Waals surface area contributed by atoms with Crippen molar-refractivity contribution in [1.82, 2.24) is 0 Å². The van der Waals surface area contributed by atoms with Crippen LogP contribution in [0.2, 0.25) is 0 Å². The molecule has 0 bridgehead atoms. The van der Waals surface area contributed by atoms with Crippen LogP contribution in [0.25, 0.3) is 0 Å². The molecule has 4 nitrogen and oxygen atoms in total. The number of aliphatic hydroxyl groups excluding tert-OH is 1. The highest BCUT2D eigenvalue weighted by atomic mass is 32.2. The van der Waals surface area contributed by atoms with Crippen LogP contribution >= 0.6 is 0 Å². The number of rotatable bonds is 9. The first-order valence-corrected chi connectivity index (χ1v) is 8.12. The monoisotopic (exact) mass is 322 g/mol. The molecule has 0 saturated carbocycles. The summed E-state index contributed by atoms with van der Waals surface area (Å²) >= 11 is 0. The number of aliphatic hydroxyl groups is 1. The van der Waals surface area contributed by atoms with Gasteiger partial charge in [-0.05, 0) is 31.9 Å². The lowest BCUT2D eigenvalue weighted by Crippen LogP contribution is -2.25. The minimum Gasteiger partial charge on any atom is -0.396 e. The summed E-state index contributed by atoms with van der Waals surface area (Å²) in [4.78, 5) is -0.135. The fourth-order valence-corrected chi connectivity index (χ4v) is 2.61. The summed E-state index contributed by atoms with van der Waals surface area (Å²) in [7, 11) is -4.17. The number of halogens is 2. The molecule has 0 spiro atoms. The summed E-state index contributed by atoms with van der Waals surface area (Å²) in [5.74, 6) is -3.20. The summed E-state index contributed by atoms with van der Waals surface area (Å²) in [6.45, 7) is 0.587. The second kappa shape index (κ2) is 7.82. The molecule has 0 fully saturated rings. The third-order valence-electron chi connectivity index (χ3n) is 2.94. The summed E-state index contributed by atoms with van der Waals surface area (Å²) < 4.78 is 55.0. The Morgan fingerprint density at radius 2 is 1.76 bits per heavy atom. The van der Waals surface area contributed by atoms with Crippen molar-refractivity contribution >= 4 is 10.1 Å². The average Bonchev–Trinajstić information content (AvgIpc) is 2.42. The highest BCUT2D eigenvalue weighted by Gasteiger charge is 2.31. The maximum Gasteiger partial charge on any atom is 0.297 e. The van der Waals surface area contributed by atoms with Crippen LogP contribution in [0.4, 0.5) is 8.78 Å². The molecule has 1 rings (SSSR count). The molecule has 0 atom stereocenters. The van der Waals surface area contributed by atoms with Crippen molar-refractivity contribution in [3.8, 4) is 0 Å². The molecule has 1 aromatic carbocycles. The van der Waals surface area contributed by atoms with Gasteiger partial charge in [-0.3, -0.25) is 4.18 Å². The normalized spacial score (nSPS) is 12.6. The largest absolute Gasteiger partial charge is 0.396 e. The van der Waals surface area contributed by atoms with E-state index in [2.05, 4.69) is 4.18 Å². The third-order valence-corrected chi connectivity index (χ3v) is 4.21. The Hall–Kier alpha value is -1.05. The van der Waals surface area contributed by atoms with E-state index in [9.17, 15) is 17.2 Å². The smallest absolute Gasteiger partial charge is 0.297 e. The van der Waals surface area contributed by atoms with Gasteiger partial charge in [-0.2, -0.15) is 8.42 Å². The second-order valence-corrected chi connectivity index (χ2v) is 6.53. The molecule has 0 radical (unpaired) electrons. The Bertz CT molecular complexity index is 526. The van der Waals surface area contributed by atoms with Crippen molar-refractivity contribution in [2.24, 2.45) is 0 Å². The topological polar surface area (TPSA) is 63.6 Å². The molecule has 0 aliphatic heterocycles. The SMILES string of the molecule is Cc1ccc(S(=O)(=O)OCC(F)(F)CCCCCO)cc1. The predicted molar refractivity (Wildman–Crippen MR) is 74.8 cm³/mol. The van der Waals surface area contributed by atoms with Crippen molar-refractivity contribution in [1.29, 1.82) is 0 Å². The first-order valence-electron chi connectivity index (χ1n) is 6.72. The highest BCUT2D eigenvalue weighted by Crippen LogP contribution is 2.24. The number of alkyl halides is 2. The zero-order chi connectivity index (χ0) is 15.9. The van der Waals surface area contributed by atoms with E-state index in [4.69, 9.17) is 5.11 Å². The van der Waals surface area contributed by atoms with E-state index in [1.165, 1.54) is 12.1 Å². The molecule has 0 saturated heterocycles. The van der Waals surface area contributed by atoms with Crippen LogP contribution in [0.15, 0.2) is 29.2 Å². The Morgan fingerprint density at radius 1 is 1.14 bits per heavy atom. The van der Waals surface area contributed by atoms with Crippen LogP contribution in [0.5, 0.6) is 0 Å². The summed E-state index contributed by atoms with van der Waals surface area (Å²) in [5.41, 5.74) is 0.864. The first-order chi connectivity index (χ1) is 9.77. The summed E-state index contributed by atoms with van der Waals surface area (Å²) in [6, 6.07) is 5.79. The minimum atomic E-state index is -4.17. The van der Waals surface area contributed by atoms with Gasteiger partial charge in [-0.15, -0.1) is 0 Å². The predicted octanol–water partition coefficient (Wildman–Crippen LogP) is 2.89. The average molecular weight is 322 g/mol. The molecule has 21 heavy (non-hydrogen) atoms. The molecular weight excluding hydrogens is 302 g/mol. The molecule has 120 valence electrons.